The molecule has 2 aromatic heterocycles. The first-order valence-electron chi connectivity index (χ1n) is 5.49. The van der Waals surface area contributed by atoms with Gasteiger partial charge < -0.3 is 9.84 Å². The highest BCUT2D eigenvalue weighted by Gasteiger charge is 2.14. The first kappa shape index (κ1) is 13.8. The molecule has 7 heteroatoms. The number of nitrogens with zero attached hydrogens (tertiary/aromatic N) is 2. The maximum absolute atomic E-state index is 10.9. The van der Waals surface area contributed by atoms with Gasteiger partial charge in [0.25, 0.3) is 0 Å². The van der Waals surface area contributed by atoms with Gasteiger partial charge in [0.2, 0.25) is 5.88 Å². The number of rotatable bonds is 5. The van der Waals surface area contributed by atoms with Crippen molar-refractivity contribution in [2.24, 2.45) is 0 Å². The number of halogens is 1. The Morgan fingerprint density at radius 2 is 2.32 bits per heavy atom. The van der Waals surface area contributed by atoms with Crippen LogP contribution in [-0.2, 0) is 6.42 Å². The maximum Gasteiger partial charge on any atom is 0.337 e. The highest BCUT2D eigenvalue weighted by molar-refractivity contribution is 7.09. The summed E-state index contributed by atoms with van der Waals surface area (Å²) in [4.78, 5) is 20.1. The van der Waals surface area contributed by atoms with Gasteiger partial charge in [-0.15, -0.1) is 11.3 Å². The van der Waals surface area contributed by atoms with Crippen molar-refractivity contribution in [2.45, 2.75) is 13.3 Å². The average molecular weight is 299 g/mol. The number of hydrogen-bond acceptors (Lipinski definition) is 5. The molecule has 0 saturated carbocycles. The van der Waals surface area contributed by atoms with Gasteiger partial charge in [-0.3, -0.25) is 0 Å². The topological polar surface area (TPSA) is 72.3 Å². The van der Waals surface area contributed by atoms with E-state index in [1.165, 1.54) is 12.3 Å². The Kier molecular flexibility index (Phi) is 4.34. The molecule has 0 bridgehead atoms. The maximum atomic E-state index is 10.9. The predicted molar refractivity (Wildman–Crippen MR) is 72.3 cm³/mol. The van der Waals surface area contributed by atoms with Crippen LogP contribution in [-0.4, -0.2) is 27.7 Å². The molecule has 0 unspecified atom stereocenters. The second-order valence-corrected chi connectivity index (χ2v) is 5.06. The van der Waals surface area contributed by atoms with Crippen LogP contribution in [0.25, 0.3) is 0 Å². The normalized spacial score (nSPS) is 10.4. The highest BCUT2D eigenvalue weighted by atomic mass is 35.5. The van der Waals surface area contributed by atoms with Gasteiger partial charge in [-0.2, -0.15) is 0 Å². The molecule has 0 amide bonds. The van der Waals surface area contributed by atoms with Gasteiger partial charge in [0.05, 0.1) is 23.4 Å². The van der Waals surface area contributed by atoms with Gasteiger partial charge in [-0.05, 0) is 13.0 Å². The van der Waals surface area contributed by atoms with Gasteiger partial charge >= 0.3 is 5.97 Å². The van der Waals surface area contributed by atoms with Gasteiger partial charge in [0.15, 0.2) is 0 Å². The van der Waals surface area contributed by atoms with Gasteiger partial charge in [-0.25, -0.2) is 14.8 Å². The van der Waals surface area contributed by atoms with E-state index < -0.39 is 5.97 Å². The lowest BCUT2D eigenvalue weighted by Crippen LogP contribution is -2.05. The van der Waals surface area contributed by atoms with Gasteiger partial charge in [0.1, 0.15) is 5.02 Å². The second-order valence-electron chi connectivity index (χ2n) is 3.74. The number of thiazole rings is 1. The number of pyridine rings is 1. The van der Waals surface area contributed by atoms with E-state index in [9.17, 15) is 4.79 Å². The van der Waals surface area contributed by atoms with E-state index in [4.69, 9.17) is 21.4 Å². The molecule has 0 aliphatic rings. The number of aromatic carboxylic acids is 1. The molecule has 0 atom stereocenters. The van der Waals surface area contributed by atoms with Crippen LogP contribution in [0.4, 0.5) is 0 Å². The number of carbonyl (C=O) groups is 1. The third-order valence-corrected chi connectivity index (χ3v) is 3.86. The largest absolute Gasteiger partial charge is 0.478 e. The van der Waals surface area contributed by atoms with Crippen molar-refractivity contribution in [1.82, 2.24) is 9.97 Å². The van der Waals surface area contributed by atoms with Crippen molar-refractivity contribution in [3.63, 3.8) is 0 Å². The third kappa shape index (κ3) is 3.21. The standard InChI is InChI=1S/C12H11ClN2O3S/c1-7-9(19-6-15-7)3-5-18-11-10(13)8(12(16)17)2-4-14-11/h2,4,6H,3,5H2,1H3,(H,16,17). The summed E-state index contributed by atoms with van der Waals surface area (Å²) >= 11 is 7.48. The fourth-order valence-electron chi connectivity index (χ4n) is 1.50. The molecule has 19 heavy (non-hydrogen) atoms. The van der Waals surface area contributed by atoms with E-state index in [-0.39, 0.29) is 16.5 Å². The van der Waals surface area contributed by atoms with Crippen LogP contribution in [0, 0.1) is 6.92 Å². The number of hydrogen-bond donors (Lipinski definition) is 1. The van der Waals surface area contributed by atoms with Gasteiger partial charge in [0, 0.05) is 17.5 Å². The zero-order valence-corrected chi connectivity index (χ0v) is 11.7. The first-order chi connectivity index (χ1) is 9.09. The summed E-state index contributed by atoms with van der Waals surface area (Å²) in [6.45, 7) is 2.31. The fourth-order valence-corrected chi connectivity index (χ4v) is 2.51. The van der Waals surface area contributed by atoms with E-state index in [1.54, 1.807) is 16.8 Å². The summed E-state index contributed by atoms with van der Waals surface area (Å²) in [5.41, 5.74) is 2.74. The Labute approximate surface area is 118 Å². The van der Waals surface area contributed by atoms with E-state index in [2.05, 4.69) is 9.97 Å². The molecule has 100 valence electrons. The van der Waals surface area contributed by atoms with Crippen LogP contribution in [0.15, 0.2) is 17.8 Å². The first-order valence-corrected chi connectivity index (χ1v) is 6.75. The van der Waals surface area contributed by atoms with Crippen LogP contribution < -0.4 is 4.74 Å². The molecule has 2 rings (SSSR count). The van der Waals surface area contributed by atoms with Crippen molar-refractivity contribution < 1.29 is 14.6 Å². The van der Waals surface area contributed by atoms with E-state index in [1.807, 2.05) is 6.92 Å². The van der Waals surface area contributed by atoms with Crippen LogP contribution in [0.3, 0.4) is 0 Å². The highest BCUT2D eigenvalue weighted by Crippen LogP contribution is 2.25. The lowest BCUT2D eigenvalue weighted by Gasteiger charge is -2.07. The number of carboxylic acids is 1. The van der Waals surface area contributed by atoms with Gasteiger partial charge in [-0.1, -0.05) is 11.6 Å². The lowest BCUT2D eigenvalue weighted by molar-refractivity contribution is 0.0696. The van der Waals surface area contributed by atoms with Crippen molar-refractivity contribution >= 4 is 28.9 Å². The smallest absolute Gasteiger partial charge is 0.337 e. The third-order valence-electron chi connectivity index (χ3n) is 2.50. The quantitative estimate of drug-likeness (QED) is 0.919. The molecule has 2 heterocycles. The van der Waals surface area contributed by atoms with Crippen molar-refractivity contribution in [2.75, 3.05) is 6.61 Å². The fraction of sp³-hybridized carbons (Fsp3) is 0.250. The minimum Gasteiger partial charge on any atom is -0.478 e. The van der Waals surface area contributed by atoms with Crippen molar-refractivity contribution in [1.29, 1.82) is 0 Å². The zero-order chi connectivity index (χ0) is 13.8. The number of aryl methyl sites for hydroxylation is 1. The Bertz CT molecular complexity index is 600. The second kappa shape index (κ2) is 5.99. The number of ether oxygens (including phenoxy) is 1. The van der Waals surface area contributed by atoms with E-state index in [0.29, 0.717) is 13.0 Å². The van der Waals surface area contributed by atoms with Crippen molar-refractivity contribution in [3.8, 4) is 5.88 Å². The van der Waals surface area contributed by atoms with Crippen molar-refractivity contribution in [3.05, 3.63) is 38.9 Å². The van der Waals surface area contributed by atoms with Crippen LogP contribution in [0.1, 0.15) is 20.9 Å². The molecular formula is C12H11ClN2O3S. The molecule has 0 fully saturated rings. The minimum atomic E-state index is -1.10. The molecule has 1 N–H and O–H groups in total. The molecule has 5 nitrogen and oxygen atoms in total. The molecule has 0 aliphatic heterocycles. The summed E-state index contributed by atoms with van der Waals surface area (Å²) in [7, 11) is 0. The summed E-state index contributed by atoms with van der Waals surface area (Å²) in [5.74, 6) is -0.959. The SMILES string of the molecule is Cc1ncsc1CCOc1nccc(C(=O)O)c1Cl. The Morgan fingerprint density at radius 3 is 2.95 bits per heavy atom. The Hall–Kier alpha value is -1.66. The number of aromatic nitrogens is 2. The van der Waals surface area contributed by atoms with E-state index >= 15 is 0 Å². The Balaban J connectivity index is 2.02. The molecular weight excluding hydrogens is 288 g/mol. The molecule has 0 aromatic carbocycles. The molecule has 0 spiro atoms. The predicted octanol–water partition coefficient (Wildman–Crippen LogP) is 2.82. The Morgan fingerprint density at radius 1 is 1.53 bits per heavy atom. The molecule has 0 aliphatic carbocycles. The number of carboxylic acid groups (broad SMARTS) is 1. The monoisotopic (exact) mass is 298 g/mol. The summed E-state index contributed by atoms with van der Waals surface area (Å²) in [6, 6.07) is 1.34. The van der Waals surface area contributed by atoms with Crippen LogP contribution >= 0.6 is 22.9 Å². The average Bonchev–Trinajstić information content (AvgIpc) is 2.77. The summed E-state index contributed by atoms with van der Waals surface area (Å²) < 4.78 is 5.43. The van der Waals surface area contributed by atoms with Crippen LogP contribution in [0.2, 0.25) is 5.02 Å². The lowest BCUT2D eigenvalue weighted by atomic mass is 10.2. The zero-order valence-electron chi connectivity index (χ0n) is 10.1. The summed E-state index contributed by atoms with van der Waals surface area (Å²) in [6.07, 6.45) is 2.05. The molecule has 0 radical (unpaired) electrons. The minimum absolute atomic E-state index is 0.0133. The molecule has 2 aromatic rings. The van der Waals surface area contributed by atoms with E-state index in [0.717, 1.165) is 10.6 Å². The molecule has 0 saturated heterocycles. The van der Waals surface area contributed by atoms with Crippen LogP contribution in [0.5, 0.6) is 5.88 Å². The summed E-state index contributed by atoms with van der Waals surface area (Å²) in [5, 5.41) is 8.95.